The van der Waals surface area contributed by atoms with Gasteiger partial charge in [-0.3, -0.25) is 4.90 Å². The van der Waals surface area contributed by atoms with E-state index in [0.29, 0.717) is 12.5 Å². The molecule has 0 atom stereocenters. The maximum Gasteiger partial charge on any atom is 0.165 e. The standard InChI is InChI=1S/C15H25FN2O/c1-12(2)10-18(8-7-17(3)4)11-13-5-6-15(19)14(16)9-13/h5-6,9,12,19H,7-8,10-11H2,1-4H3. The quantitative estimate of drug-likeness (QED) is 0.823. The van der Waals surface area contributed by atoms with E-state index in [1.54, 1.807) is 6.07 Å². The third kappa shape index (κ3) is 6.03. The molecule has 0 aliphatic carbocycles. The first kappa shape index (κ1) is 15.9. The van der Waals surface area contributed by atoms with E-state index < -0.39 is 5.82 Å². The summed E-state index contributed by atoms with van der Waals surface area (Å²) in [7, 11) is 4.10. The second-order valence-corrected chi connectivity index (χ2v) is 5.72. The van der Waals surface area contributed by atoms with Crippen molar-refractivity contribution in [2.24, 2.45) is 5.92 Å². The number of hydrogen-bond acceptors (Lipinski definition) is 3. The number of halogens is 1. The number of phenolic OH excluding ortho intramolecular Hbond substituents is 1. The lowest BCUT2D eigenvalue weighted by Gasteiger charge is -2.26. The first-order chi connectivity index (χ1) is 8.88. The van der Waals surface area contributed by atoms with Gasteiger partial charge in [0.2, 0.25) is 0 Å². The molecule has 0 bridgehead atoms. The molecular weight excluding hydrogens is 243 g/mol. The Balaban J connectivity index is 2.66. The molecule has 19 heavy (non-hydrogen) atoms. The Morgan fingerprint density at radius 1 is 1.21 bits per heavy atom. The summed E-state index contributed by atoms with van der Waals surface area (Å²) < 4.78 is 13.3. The second-order valence-electron chi connectivity index (χ2n) is 5.72. The molecule has 0 saturated heterocycles. The largest absolute Gasteiger partial charge is 0.505 e. The van der Waals surface area contributed by atoms with Gasteiger partial charge in [-0.05, 0) is 37.7 Å². The van der Waals surface area contributed by atoms with Crippen molar-refractivity contribution in [1.82, 2.24) is 9.80 Å². The van der Waals surface area contributed by atoms with Gasteiger partial charge in [0.25, 0.3) is 0 Å². The van der Waals surface area contributed by atoms with E-state index >= 15 is 0 Å². The van der Waals surface area contributed by atoms with Gasteiger partial charge >= 0.3 is 0 Å². The molecule has 3 nitrogen and oxygen atoms in total. The van der Waals surface area contributed by atoms with Crippen molar-refractivity contribution >= 4 is 0 Å². The number of phenols is 1. The Labute approximate surface area is 115 Å². The van der Waals surface area contributed by atoms with Gasteiger partial charge in [0.05, 0.1) is 0 Å². The lowest BCUT2D eigenvalue weighted by molar-refractivity contribution is 0.211. The maximum atomic E-state index is 13.3. The topological polar surface area (TPSA) is 26.7 Å². The van der Waals surface area contributed by atoms with E-state index in [1.165, 1.54) is 12.1 Å². The van der Waals surface area contributed by atoms with Gasteiger partial charge in [-0.2, -0.15) is 0 Å². The lowest BCUT2D eigenvalue weighted by atomic mass is 10.1. The Kier molecular flexibility index (Phi) is 6.25. The van der Waals surface area contributed by atoms with E-state index in [4.69, 9.17) is 0 Å². The first-order valence-electron chi connectivity index (χ1n) is 6.73. The molecule has 1 rings (SSSR count). The fourth-order valence-corrected chi connectivity index (χ4v) is 2.00. The fourth-order valence-electron chi connectivity index (χ4n) is 2.00. The number of likely N-dealkylation sites (N-methyl/N-ethyl adjacent to an activating group) is 1. The van der Waals surface area contributed by atoms with Crippen molar-refractivity contribution in [1.29, 1.82) is 0 Å². The van der Waals surface area contributed by atoms with Crippen LogP contribution in [0.15, 0.2) is 18.2 Å². The Bertz CT molecular complexity index is 394. The lowest BCUT2D eigenvalue weighted by Crippen LogP contribution is -2.34. The van der Waals surface area contributed by atoms with Crippen LogP contribution in [0.1, 0.15) is 19.4 Å². The van der Waals surface area contributed by atoms with Crippen LogP contribution in [0, 0.1) is 11.7 Å². The molecule has 0 aliphatic heterocycles. The molecule has 0 spiro atoms. The zero-order chi connectivity index (χ0) is 14.4. The monoisotopic (exact) mass is 268 g/mol. The van der Waals surface area contributed by atoms with E-state index in [-0.39, 0.29) is 5.75 Å². The smallest absolute Gasteiger partial charge is 0.165 e. The highest BCUT2D eigenvalue weighted by Gasteiger charge is 2.10. The molecule has 0 saturated carbocycles. The summed E-state index contributed by atoms with van der Waals surface area (Å²) >= 11 is 0. The summed E-state index contributed by atoms with van der Waals surface area (Å²) in [5, 5.41) is 9.20. The SMILES string of the molecule is CC(C)CN(CCN(C)C)Cc1ccc(O)c(F)c1. The van der Waals surface area contributed by atoms with Crippen LogP contribution in [0.2, 0.25) is 0 Å². The molecule has 0 amide bonds. The third-order valence-electron chi connectivity index (χ3n) is 2.91. The Morgan fingerprint density at radius 2 is 1.89 bits per heavy atom. The van der Waals surface area contributed by atoms with Crippen LogP contribution in [0.4, 0.5) is 4.39 Å². The summed E-state index contributed by atoms with van der Waals surface area (Å²) in [6.07, 6.45) is 0. The molecule has 0 aromatic heterocycles. The molecule has 108 valence electrons. The predicted molar refractivity (Wildman–Crippen MR) is 76.7 cm³/mol. The van der Waals surface area contributed by atoms with Crippen LogP contribution in [0.3, 0.4) is 0 Å². The van der Waals surface area contributed by atoms with E-state index in [1.807, 2.05) is 14.1 Å². The Hall–Kier alpha value is -1.13. The van der Waals surface area contributed by atoms with E-state index in [9.17, 15) is 9.50 Å². The summed E-state index contributed by atoms with van der Waals surface area (Å²) in [5.74, 6) is -0.258. The highest BCUT2D eigenvalue weighted by Crippen LogP contribution is 2.17. The van der Waals surface area contributed by atoms with Crippen LogP contribution >= 0.6 is 0 Å². The van der Waals surface area contributed by atoms with Crippen molar-refractivity contribution in [3.05, 3.63) is 29.6 Å². The normalized spacial score (nSPS) is 11.8. The average molecular weight is 268 g/mol. The second kappa shape index (κ2) is 7.46. The molecule has 1 N–H and O–H groups in total. The van der Waals surface area contributed by atoms with E-state index in [0.717, 1.165) is 25.2 Å². The van der Waals surface area contributed by atoms with Crippen molar-refractivity contribution in [2.75, 3.05) is 33.7 Å². The highest BCUT2D eigenvalue weighted by atomic mass is 19.1. The van der Waals surface area contributed by atoms with Gasteiger partial charge < -0.3 is 10.0 Å². The maximum absolute atomic E-state index is 13.3. The molecule has 4 heteroatoms. The van der Waals surface area contributed by atoms with Gasteiger partial charge in [-0.1, -0.05) is 19.9 Å². The molecule has 0 aliphatic rings. The minimum Gasteiger partial charge on any atom is -0.505 e. The van der Waals surface area contributed by atoms with Crippen LogP contribution in [0.25, 0.3) is 0 Å². The summed E-state index contributed by atoms with van der Waals surface area (Å²) in [5.41, 5.74) is 0.898. The number of rotatable bonds is 7. The molecular formula is C15H25FN2O. The van der Waals surface area contributed by atoms with Crippen molar-refractivity contribution in [3.8, 4) is 5.75 Å². The zero-order valence-electron chi connectivity index (χ0n) is 12.4. The van der Waals surface area contributed by atoms with Crippen LogP contribution in [-0.4, -0.2) is 48.6 Å². The van der Waals surface area contributed by atoms with Crippen molar-refractivity contribution < 1.29 is 9.50 Å². The van der Waals surface area contributed by atoms with Crippen LogP contribution in [0.5, 0.6) is 5.75 Å². The zero-order valence-corrected chi connectivity index (χ0v) is 12.4. The van der Waals surface area contributed by atoms with Gasteiger partial charge in [0.1, 0.15) is 0 Å². The van der Waals surface area contributed by atoms with Gasteiger partial charge in [-0.15, -0.1) is 0 Å². The molecule has 0 radical (unpaired) electrons. The summed E-state index contributed by atoms with van der Waals surface area (Å²) in [6, 6.07) is 4.61. The number of benzene rings is 1. The first-order valence-corrected chi connectivity index (χ1v) is 6.73. The molecule has 1 aromatic carbocycles. The summed E-state index contributed by atoms with van der Waals surface area (Å²) in [6.45, 7) is 7.99. The van der Waals surface area contributed by atoms with E-state index in [2.05, 4.69) is 23.6 Å². The molecule has 1 aromatic rings. The average Bonchev–Trinajstić information content (AvgIpc) is 2.30. The van der Waals surface area contributed by atoms with Crippen LogP contribution in [-0.2, 0) is 6.54 Å². The van der Waals surface area contributed by atoms with Crippen molar-refractivity contribution in [2.45, 2.75) is 20.4 Å². The highest BCUT2D eigenvalue weighted by molar-refractivity contribution is 5.27. The number of nitrogens with zero attached hydrogens (tertiary/aromatic N) is 2. The predicted octanol–water partition coefficient (Wildman–Crippen LogP) is 2.55. The van der Waals surface area contributed by atoms with Crippen LogP contribution < -0.4 is 0 Å². The minimum absolute atomic E-state index is 0.285. The summed E-state index contributed by atoms with van der Waals surface area (Å²) in [4.78, 5) is 4.46. The number of aromatic hydroxyl groups is 1. The fraction of sp³-hybridized carbons (Fsp3) is 0.600. The molecule has 0 unspecified atom stereocenters. The third-order valence-corrected chi connectivity index (χ3v) is 2.91. The van der Waals surface area contributed by atoms with Crippen molar-refractivity contribution in [3.63, 3.8) is 0 Å². The van der Waals surface area contributed by atoms with Gasteiger partial charge in [-0.25, -0.2) is 4.39 Å². The molecule has 0 fully saturated rings. The minimum atomic E-state index is -0.547. The number of hydrogen-bond donors (Lipinski definition) is 1. The van der Waals surface area contributed by atoms with Gasteiger partial charge in [0.15, 0.2) is 11.6 Å². The Morgan fingerprint density at radius 3 is 2.42 bits per heavy atom. The molecule has 0 heterocycles. The van der Waals surface area contributed by atoms with Gasteiger partial charge in [0, 0.05) is 26.2 Å².